The molecule has 1 unspecified atom stereocenters. The van der Waals surface area contributed by atoms with Crippen LogP contribution in [0, 0.1) is 5.92 Å². The highest BCUT2D eigenvalue weighted by Crippen LogP contribution is 2.40. The molecular weight excluding hydrogens is 498 g/mol. The molecule has 38 heavy (non-hydrogen) atoms. The number of rotatable bonds is 9. The van der Waals surface area contributed by atoms with E-state index in [0.29, 0.717) is 17.0 Å². The van der Waals surface area contributed by atoms with Crippen molar-refractivity contribution in [2.75, 3.05) is 25.9 Å². The van der Waals surface area contributed by atoms with Crippen molar-refractivity contribution in [3.8, 4) is 11.5 Å². The molecule has 2 aliphatic rings. The number of fused-ring (bicyclic) bond motifs is 1. The lowest BCUT2D eigenvalue weighted by Crippen LogP contribution is -2.27. The molecule has 5 rings (SSSR count). The number of hydrogen-bond donors (Lipinski definition) is 3. The lowest BCUT2D eigenvalue weighted by atomic mass is 9.91. The van der Waals surface area contributed by atoms with Gasteiger partial charge in [0.2, 0.25) is 0 Å². The first-order valence-electron chi connectivity index (χ1n) is 13.4. The molecule has 202 valence electrons. The number of nitrogens with one attached hydrogen (secondary N) is 2. The second kappa shape index (κ2) is 11.4. The predicted molar refractivity (Wildman–Crippen MR) is 151 cm³/mol. The maximum absolute atomic E-state index is 12.4. The number of hydrogen-bond acceptors (Lipinski definition) is 6. The van der Waals surface area contributed by atoms with Gasteiger partial charge in [0, 0.05) is 41.9 Å². The summed E-state index contributed by atoms with van der Waals surface area (Å²) in [6, 6.07) is 15.8. The number of benzene rings is 2. The van der Waals surface area contributed by atoms with E-state index in [2.05, 4.69) is 22.4 Å². The van der Waals surface area contributed by atoms with Crippen molar-refractivity contribution in [3.63, 3.8) is 0 Å². The number of aromatic amines is 1. The number of aryl methyl sites for hydroxylation is 1. The highest BCUT2D eigenvalue weighted by atomic mass is 32.2. The summed E-state index contributed by atoms with van der Waals surface area (Å²) in [5.74, 6) is 2.21. The van der Waals surface area contributed by atoms with Crippen LogP contribution in [0.1, 0.15) is 60.4 Å². The number of H-pyrrole nitrogens is 1. The predicted octanol–water partition coefficient (Wildman–Crippen LogP) is 5.00. The summed E-state index contributed by atoms with van der Waals surface area (Å²) in [6.45, 7) is 3.91. The zero-order chi connectivity index (χ0) is 26.7. The third kappa shape index (κ3) is 5.98. The average Bonchev–Trinajstić information content (AvgIpc) is 3.42. The Bertz CT molecular complexity index is 1390. The maximum Gasteiger partial charge on any atom is 0.168 e. The smallest absolute Gasteiger partial charge is 0.168 e. The molecule has 2 aromatic carbocycles. The van der Waals surface area contributed by atoms with Crippen LogP contribution in [-0.2, 0) is 22.0 Å². The Morgan fingerprint density at radius 2 is 1.76 bits per heavy atom. The Morgan fingerprint density at radius 3 is 2.50 bits per heavy atom. The number of aliphatic hydroxyl groups excluding tert-OH is 1. The van der Waals surface area contributed by atoms with Crippen LogP contribution in [0.3, 0.4) is 0 Å². The Balaban J connectivity index is 1.42. The highest BCUT2D eigenvalue weighted by Gasteiger charge is 2.27. The Hall–Kier alpha value is -3.07. The zero-order valence-corrected chi connectivity index (χ0v) is 22.9. The van der Waals surface area contributed by atoms with E-state index in [9.17, 15) is 13.5 Å². The molecule has 0 aliphatic carbocycles. The summed E-state index contributed by atoms with van der Waals surface area (Å²) >= 11 is 0. The van der Waals surface area contributed by atoms with Crippen molar-refractivity contribution in [2.24, 2.45) is 5.92 Å². The van der Waals surface area contributed by atoms with E-state index in [1.54, 1.807) is 18.0 Å². The molecular formula is C30H37N3O4S. The van der Waals surface area contributed by atoms with Gasteiger partial charge in [-0.1, -0.05) is 25.1 Å². The van der Waals surface area contributed by atoms with E-state index in [-0.39, 0.29) is 11.5 Å². The van der Waals surface area contributed by atoms with Gasteiger partial charge < -0.3 is 25.0 Å². The van der Waals surface area contributed by atoms with E-state index in [4.69, 9.17) is 4.74 Å². The molecule has 3 heterocycles. The van der Waals surface area contributed by atoms with Crippen molar-refractivity contribution < 1.29 is 18.3 Å². The van der Waals surface area contributed by atoms with Gasteiger partial charge in [-0.05, 0) is 86.1 Å². The number of piperidine rings is 1. The third-order valence-corrected chi connectivity index (χ3v) is 9.31. The van der Waals surface area contributed by atoms with Gasteiger partial charge in [0.25, 0.3) is 0 Å². The molecule has 0 radical (unpaired) electrons. The number of ether oxygens (including phenoxy) is 1. The van der Waals surface area contributed by atoms with Crippen LogP contribution in [0.4, 0.5) is 0 Å². The Morgan fingerprint density at radius 1 is 1.03 bits per heavy atom. The van der Waals surface area contributed by atoms with E-state index in [0.717, 1.165) is 47.9 Å². The van der Waals surface area contributed by atoms with Crippen LogP contribution in [0.15, 0.2) is 60.9 Å². The van der Waals surface area contributed by atoms with Gasteiger partial charge in [-0.3, -0.25) is 0 Å². The van der Waals surface area contributed by atoms with Crippen molar-refractivity contribution in [3.05, 3.63) is 88.9 Å². The van der Waals surface area contributed by atoms with Crippen molar-refractivity contribution in [1.82, 2.24) is 15.2 Å². The lowest BCUT2D eigenvalue weighted by Gasteiger charge is -2.29. The first kappa shape index (κ1) is 26.5. The standard InChI is InChI=1S/C30H37N3O4S/c1-3-38(35,36)20-23-8-11-28(26(18-23)27-19-33(2)30(34)29-25(27)14-17-32-29)37-24-9-6-21(7-10-24)4-5-22-12-15-31-16-13-22/h6-11,14,17-19,22,30-32,34H,3-5,12-13,15-16,20H2,1-2H3. The lowest BCUT2D eigenvalue weighted by molar-refractivity contribution is 0.0487. The number of sulfone groups is 1. The minimum absolute atomic E-state index is 0.0335. The summed E-state index contributed by atoms with van der Waals surface area (Å²) in [4.78, 5) is 4.86. The summed E-state index contributed by atoms with van der Waals surface area (Å²) in [7, 11) is -1.39. The first-order valence-corrected chi connectivity index (χ1v) is 15.3. The molecule has 1 aromatic heterocycles. The largest absolute Gasteiger partial charge is 0.457 e. The van der Waals surface area contributed by atoms with Gasteiger partial charge in [-0.15, -0.1) is 0 Å². The van der Waals surface area contributed by atoms with E-state index < -0.39 is 16.1 Å². The maximum atomic E-state index is 12.4. The molecule has 0 bridgehead atoms. The molecule has 1 saturated heterocycles. The molecule has 1 atom stereocenters. The van der Waals surface area contributed by atoms with Crippen LogP contribution in [0.25, 0.3) is 5.57 Å². The van der Waals surface area contributed by atoms with Gasteiger partial charge in [0.15, 0.2) is 16.1 Å². The number of aliphatic hydroxyl groups is 1. The minimum Gasteiger partial charge on any atom is -0.457 e. The van der Waals surface area contributed by atoms with Crippen molar-refractivity contribution in [1.29, 1.82) is 0 Å². The highest BCUT2D eigenvalue weighted by molar-refractivity contribution is 7.90. The summed E-state index contributed by atoms with van der Waals surface area (Å²) in [5.41, 5.74) is 5.21. The fourth-order valence-electron chi connectivity index (χ4n) is 5.31. The fourth-order valence-corrected chi connectivity index (χ4v) is 6.20. The molecule has 1 fully saturated rings. The van der Waals surface area contributed by atoms with E-state index in [1.165, 1.54) is 24.8 Å². The molecule has 8 heteroatoms. The Kier molecular flexibility index (Phi) is 7.93. The summed E-state index contributed by atoms with van der Waals surface area (Å²) in [5, 5.41) is 14.0. The molecule has 0 spiro atoms. The first-order chi connectivity index (χ1) is 18.3. The van der Waals surface area contributed by atoms with Crippen LogP contribution in [-0.4, -0.2) is 49.3 Å². The van der Waals surface area contributed by atoms with Gasteiger partial charge >= 0.3 is 0 Å². The molecule has 7 nitrogen and oxygen atoms in total. The molecule has 2 aliphatic heterocycles. The average molecular weight is 536 g/mol. The van der Waals surface area contributed by atoms with Crippen LogP contribution in [0.2, 0.25) is 0 Å². The van der Waals surface area contributed by atoms with Crippen LogP contribution < -0.4 is 10.1 Å². The van der Waals surface area contributed by atoms with Gasteiger partial charge in [0.05, 0.1) is 11.4 Å². The van der Waals surface area contributed by atoms with Gasteiger partial charge in [-0.25, -0.2) is 8.42 Å². The molecule has 3 aromatic rings. The number of aromatic nitrogens is 1. The molecule has 3 N–H and O–H groups in total. The monoisotopic (exact) mass is 535 g/mol. The van der Waals surface area contributed by atoms with Crippen molar-refractivity contribution in [2.45, 2.75) is 44.6 Å². The zero-order valence-electron chi connectivity index (χ0n) is 22.1. The van der Waals surface area contributed by atoms with E-state index >= 15 is 0 Å². The molecule has 0 saturated carbocycles. The van der Waals surface area contributed by atoms with Gasteiger partial charge in [-0.2, -0.15) is 0 Å². The SMILES string of the molecule is CCS(=O)(=O)Cc1ccc(Oc2ccc(CCC3CCNCC3)cc2)c(C2=CN(C)C(O)c3[nH]ccc32)c1. The number of nitrogens with zero attached hydrogens (tertiary/aromatic N) is 1. The normalized spacial score (nSPS) is 18.2. The Labute approximate surface area is 225 Å². The fraction of sp³-hybridized carbons (Fsp3) is 0.400. The second-order valence-corrected chi connectivity index (χ2v) is 12.7. The quantitative estimate of drug-likeness (QED) is 0.357. The van der Waals surface area contributed by atoms with Crippen molar-refractivity contribution >= 4 is 15.4 Å². The summed E-state index contributed by atoms with van der Waals surface area (Å²) < 4.78 is 31.1. The topological polar surface area (TPSA) is 94.7 Å². The van der Waals surface area contributed by atoms with Crippen LogP contribution >= 0.6 is 0 Å². The van der Waals surface area contributed by atoms with Gasteiger partial charge in [0.1, 0.15) is 11.5 Å². The third-order valence-electron chi connectivity index (χ3n) is 7.66. The minimum atomic E-state index is -3.20. The second-order valence-electron chi connectivity index (χ2n) is 10.4. The van der Waals surface area contributed by atoms with E-state index in [1.807, 2.05) is 49.6 Å². The van der Waals surface area contributed by atoms with Crippen LogP contribution in [0.5, 0.6) is 11.5 Å². The molecule has 0 amide bonds. The summed E-state index contributed by atoms with van der Waals surface area (Å²) in [6.07, 6.45) is 7.68.